The highest BCUT2D eigenvalue weighted by Gasteiger charge is 2.46. The van der Waals surface area contributed by atoms with Crippen LogP contribution in [-0.4, -0.2) is 0 Å². The van der Waals surface area contributed by atoms with Crippen molar-refractivity contribution in [1.29, 1.82) is 0 Å². The predicted molar refractivity (Wildman–Crippen MR) is 188 cm³/mol. The summed E-state index contributed by atoms with van der Waals surface area (Å²) >= 11 is 0. The van der Waals surface area contributed by atoms with E-state index in [4.69, 9.17) is 4.74 Å². The van der Waals surface area contributed by atoms with E-state index >= 15 is 0 Å². The molecular weight excluding hydrogens is 556 g/mol. The number of hydrogen-bond donors (Lipinski definition) is 0. The van der Waals surface area contributed by atoms with E-state index in [-0.39, 0.29) is 0 Å². The molecule has 0 spiro atoms. The smallest absolute Gasteiger partial charge is 0.132 e. The molecule has 0 saturated carbocycles. The van der Waals surface area contributed by atoms with Crippen LogP contribution in [0.4, 0.5) is 0 Å². The lowest BCUT2D eigenvalue weighted by molar-refractivity contribution is 0.428. The lowest BCUT2D eigenvalue weighted by Gasteiger charge is -2.39. The Kier molecular flexibility index (Phi) is 5.92. The molecule has 2 aliphatic rings. The van der Waals surface area contributed by atoms with E-state index in [0.29, 0.717) is 0 Å². The SMILES string of the molecule is CC1(c2ccccc2)c2ccccc2Oc2cccc(-c3cccc(C4(c5ccccc5)c5ccccc5-c5ccccc54)c3)c21. The second-order valence-electron chi connectivity index (χ2n) is 12.6. The summed E-state index contributed by atoms with van der Waals surface area (Å²) < 4.78 is 6.67. The van der Waals surface area contributed by atoms with Crippen LogP contribution in [0.5, 0.6) is 11.5 Å². The van der Waals surface area contributed by atoms with Gasteiger partial charge in [0.1, 0.15) is 11.5 Å². The van der Waals surface area contributed by atoms with E-state index < -0.39 is 10.8 Å². The lowest BCUT2D eigenvalue weighted by Crippen LogP contribution is -2.30. The molecular formula is C45H32O. The van der Waals surface area contributed by atoms with Crippen molar-refractivity contribution in [2.75, 3.05) is 0 Å². The van der Waals surface area contributed by atoms with Crippen molar-refractivity contribution in [2.24, 2.45) is 0 Å². The molecule has 0 fully saturated rings. The number of rotatable bonds is 4. The summed E-state index contributed by atoms with van der Waals surface area (Å²) in [5.41, 5.74) is 12.9. The van der Waals surface area contributed by atoms with Crippen LogP contribution >= 0.6 is 0 Å². The summed E-state index contributed by atoms with van der Waals surface area (Å²) in [6, 6.07) is 64.0. The Balaban J connectivity index is 1.33. The quantitative estimate of drug-likeness (QED) is 0.199. The fourth-order valence-electron chi connectivity index (χ4n) is 8.30. The van der Waals surface area contributed by atoms with Crippen molar-refractivity contribution in [3.8, 4) is 33.8 Å². The van der Waals surface area contributed by atoms with Gasteiger partial charge in [-0.15, -0.1) is 0 Å². The van der Waals surface area contributed by atoms with Gasteiger partial charge in [-0.2, -0.15) is 0 Å². The van der Waals surface area contributed by atoms with Crippen molar-refractivity contribution in [1.82, 2.24) is 0 Å². The molecule has 1 unspecified atom stereocenters. The molecule has 7 aromatic carbocycles. The van der Waals surface area contributed by atoms with E-state index in [9.17, 15) is 0 Å². The van der Waals surface area contributed by atoms with Crippen LogP contribution in [0.15, 0.2) is 176 Å². The maximum absolute atomic E-state index is 6.67. The molecule has 0 N–H and O–H groups in total. The first-order chi connectivity index (χ1) is 22.7. The number of ether oxygens (including phenoxy) is 1. The number of hydrogen-bond acceptors (Lipinski definition) is 1. The zero-order valence-electron chi connectivity index (χ0n) is 25.7. The lowest BCUT2D eigenvalue weighted by atomic mass is 9.66. The third kappa shape index (κ3) is 3.63. The van der Waals surface area contributed by atoms with Crippen molar-refractivity contribution < 1.29 is 4.74 Å². The van der Waals surface area contributed by atoms with Crippen molar-refractivity contribution >= 4 is 0 Å². The summed E-state index contributed by atoms with van der Waals surface area (Å²) in [4.78, 5) is 0. The molecule has 1 aliphatic carbocycles. The normalized spacial score (nSPS) is 16.8. The molecule has 1 nitrogen and oxygen atoms in total. The van der Waals surface area contributed by atoms with Crippen LogP contribution in [0, 0.1) is 0 Å². The molecule has 0 aromatic heterocycles. The van der Waals surface area contributed by atoms with Crippen molar-refractivity contribution in [3.05, 3.63) is 215 Å². The van der Waals surface area contributed by atoms with Gasteiger partial charge in [-0.3, -0.25) is 0 Å². The first kappa shape index (κ1) is 26.7. The van der Waals surface area contributed by atoms with Gasteiger partial charge in [0.25, 0.3) is 0 Å². The topological polar surface area (TPSA) is 9.23 Å². The van der Waals surface area contributed by atoms with Gasteiger partial charge in [-0.1, -0.05) is 158 Å². The minimum absolute atomic E-state index is 0.415. The Morgan fingerprint density at radius 1 is 0.391 bits per heavy atom. The van der Waals surface area contributed by atoms with Gasteiger partial charge < -0.3 is 4.74 Å². The number of fused-ring (bicyclic) bond motifs is 5. The van der Waals surface area contributed by atoms with Gasteiger partial charge in [0.2, 0.25) is 0 Å². The van der Waals surface area contributed by atoms with Gasteiger partial charge in [0.05, 0.1) is 10.8 Å². The van der Waals surface area contributed by atoms with Crippen molar-refractivity contribution in [3.63, 3.8) is 0 Å². The molecule has 7 aromatic rings. The van der Waals surface area contributed by atoms with Gasteiger partial charge in [-0.05, 0) is 75.2 Å². The van der Waals surface area contributed by atoms with Crippen LogP contribution in [-0.2, 0) is 10.8 Å². The van der Waals surface area contributed by atoms with Crippen LogP contribution in [0.3, 0.4) is 0 Å². The average Bonchev–Trinajstić information content (AvgIpc) is 3.43. The minimum atomic E-state index is -0.453. The molecule has 1 aliphatic heterocycles. The van der Waals surface area contributed by atoms with E-state index in [2.05, 4.69) is 183 Å². The first-order valence-electron chi connectivity index (χ1n) is 16.0. The average molecular weight is 589 g/mol. The Labute approximate surface area is 270 Å². The zero-order chi connectivity index (χ0) is 30.7. The fourth-order valence-corrected chi connectivity index (χ4v) is 8.30. The van der Waals surface area contributed by atoms with E-state index in [1.165, 1.54) is 61.2 Å². The number of para-hydroxylation sites is 1. The summed E-state index contributed by atoms with van der Waals surface area (Å²) in [6.45, 7) is 2.35. The summed E-state index contributed by atoms with van der Waals surface area (Å²) in [5, 5.41) is 0. The van der Waals surface area contributed by atoms with Crippen molar-refractivity contribution in [2.45, 2.75) is 17.8 Å². The van der Waals surface area contributed by atoms with Gasteiger partial charge in [-0.25, -0.2) is 0 Å². The summed E-state index contributed by atoms with van der Waals surface area (Å²) in [5.74, 6) is 1.82. The van der Waals surface area contributed by atoms with E-state index in [0.717, 1.165) is 11.5 Å². The Morgan fingerprint density at radius 3 is 1.59 bits per heavy atom. The van der Waals surface area contributed by atoms with Gasteiger partial charge >= 0.3 is 0 Å². The van der Waals surface area contributed by atoms with E-state index in [1.807, 2.05) is 0 Å². The van der Waals surface area contributed by atoms with Crippen LogP contribution in [0.1, 0.15) is 45.9 Å². The molecule has 0 bridgehead atoms. The maximum Gasteiger partial charge on any atom is 0.132 e. The highest BCUT2D eigenvalue weighted by Crippen LogP contribution is 2.58. The molecule has 1 heteroatoms. The Bertz CT molecular complexity index is 2200. The maximum atomic E-state index is 6.67. The second kappa shape index (κ2) is 10.2. The molecule has 218 valence electrons. The van der Waals surface area contributed by atoms with E-state index in [1.54, 1.807) is 0 Å². The standard InChI is InChI=1S/C45H32O/c1-44(32-17-4-2-5-18-32)40-27-12-13-28-41(40)46-42-29-15-24-35(43(42)44)31-16-14-21-34(30-31)45(33-19-6-3-7-20-33)38-25-10-8-22-36(38)37-23-9-11-26-39(37)45/h2-30H,1H3. The summed E-state index contributed by atoms with van der Waals surface area (Å²) in [6.07, 6.45) is 0. The second-order valence-corrected chi connectivity index (χ2v) is 12.6. The predicted octanol–water partition coefficient (Wildman–Crippen LogP) is 11.2. The molecule has 0 radical (unpaired) electrons. The van der Waals surface area contributed by atoms with Crippen LogP contribution in [0.25, 0.3) is 22.3 Å². The molecule has 0 amide bonds. The van der Waals surface area contributed by atoms with Crippen LogP contribution in [0.2, 0.25) is 0 Å². The third-order valence-corrected chi connectivity index (χ3v) is 10.3. The highest BCUT2D eigenvalue weighted by molar-refractivity contribution is 5.87. The largest absolute Gasteiger partial charge is 0.457 e. The third-order valence-electron chi connectivity index (χ3n) is 10.3. The zero-order valence-corrected chi connectivity index (χ0v) is 25.7. The van der Waals surface area contributed by atoms with Gasteiger partial charge in [0, 0.05) is 11.1 Å². The monoisotopic (exact) mass is 588 g/mol. The first-order valence-corrected chi connectivity index (χ1v) is 16.0. The molecule has 1 atom stereocenters. The Morgan fingerprint density at radius 2 is 0.891 bits per heavy atom. The van der Waals surface area contributed by atoms with Gasteiger partial charge in [0.15, 0.2) is 0 Å². The Hall–Kier alpha value is -5.66. The highest BCUT2D eigenvalue weighted by atomic mass is 16.5. The molecule has 0 saturated heterocycles. The molecule has 9 rings (SSSR count). The molecule has 1 heterocycles. The minimum Gasteiger partial charge on any atom is -0.457 e. The fraction of sp³-hybridized carbons (Fsp3) is 0.0667. The summed E-state index contributed by atoms with van der Waals surface area (Å²) in [7, 11) is 0. The van der Waals surface area contributed by atoms with Crippen LogP contribution < -0.4 is 4.74 Å². The molecule has 46 heavy (non-hydrogen) atoms. The number of benzene rings is 7.